The van der Waals surface area contributed by atoms with Gasteiger partial charge in [-0.25, -0.2) is 13.6 Å². The van der Waals surface area contributed by atoms with Crippen LogP contribution in [0.3, 0.4) is 0 Å². The van der Waals surface area contributed by atoms with Crippen LogP contribution in [-0.2, 0) is 20.9 Å². The third-order valence-corrected chi connectivity index (χ3v) is 4.70. The van der Waals surface area contributed by atoms with Crippen molar-refractivity contribution in [1.82, 2.24) is 5.32 Å². The Labute approximate surface area is 178 Å². The van der Waals surface area contributed by atoms with Crippen molar-refractivity contribution in [3.63, 3.8) is 0 Å². The van der Waals surface area contributed by atoms with E-state index in [1.165, 1.54) is 13.3 Å². The van der Waals surface area contributed by atoms with Crippen molar-refractivity contribution >= 4 is 35.0 Å². The van der Waals surface area contributed by atoms with Crippen LogP contribution in [0.15, 0.2) is 57.6 Å². The molecule has 0 aliphatic carbocycles. The number of methoxy groups -OCH3 is 1. The van der Waals surface area contributed by atoms with E-state index in [1.807, 2.05) is 0 Å². The van der Waals surface area contributed by atoms with Crippen molar-refractivity contribution in [3.05, 3.63) is 76.0 Å². The van der Waals surface area contributed by atoms with Gasteiger partial charge in [-0.3, -0.25) is 10.1 Å². The second-order valence-corrected chi connectivity index (χ2v) is 6.98. The lowest BCUT2D eigenvalue weighted by Crippen LogP contribution is -2.19. The van der Waals surface area contributed by atoms with E-state index in [0.29, 0.717) is 11.1 Å². The van der Waals surface area contributed by atoms with Crippen molar-refractivity contribution in [2.75, 3.05) is 7.11 Å². The van der Waals surface area contributed by atoms with Gasteiger partial charge < -0.3 is 9.47 Å². The normalized spacial score (nSPS) is 16.2. The van der Waals surface area contributed by atoms with Gasteiger partial charge in [0.15, 0.2) is 22.6 Å². The van der Waals surface area contributed by atoms with Gasteiger partial charge >= 0.3 is 5.97 Å². The summed E-state index contributed by atoms with van der Waals surface area (Å²) in [7, 11) is 1.20. The fourth-order valence-corrected chi connectivity index (χ4v) is 3.07. The molecular weight excluding hydrogens is 435 g/mol. The summed E-state index contributed by atoms with van der Waals surface area (Å²) >= 11 is 0.933. The second-order valence-electron chi connectivity index (χ2n) is 5.94. The van der Waals surface area contributed by atoms with E-state index in [-0.39, 0.29) is 16.7 Å². The minimum absolute atomic E-state index is 0.0915. The Balaban J connectivity index is 1.63. The van der Waals surface area contributed by atoms with Gasteiger partial charge in [0.25, 0.3) is 5.91 Å². The van der Waals surface area contributed by atoms with Gasteiger partial charge in [-0.1, -0.05) is 18.2 Å². The predicted octanol–water partition coefficient (Wildman–Crippen LogP) is 3.29. The first-order valence-corrected chi connectivity index (χ1v) is 9.44. The number of esters is 1. The lowest BCUT2D eigenvalue weighted by molar-refractivity contribution is -0.135. The quantitative estimate of drug-likeness (QED) is 0.240. The molecule has 0 saturated carbocycles. The van der Waals surface area contributed by atoms with Crippen molar-refractivity contribution < 1.29 is 32.2 Å². The molecule has 1 heterocycles. The highest BCUT2D eigenvalue weighted by Gasteiger charge is 2.25. The van der Waals surface area contributed by atoms with E-state index in [4.69, 9.17) is 4.74 Å². The number of carbonyl (C=O) groups excluding carboxylic acids is 2. The van der Waals surface area contributed by atoms with Gasteiger partial charge in [0, 0.05) is 6.08 Å². The summed E-state index contributed by atoms with van der Waals surface area (Å²) < 4.78 is 49.6. The van der Waals surface area contributed by atoms with Crippen LogP contribution in [0.5, 0.6) is 5.75 Å². The molecule has 11 heteroatoms. The molecule has 1 saturated heterocycles. The number of thioether (sulfide) groups is 1. The van der Waals surface area contributed by atoms with Gasteiger partial charge in [0.1, 0.15) is 6.61 Å². The van der Waals surface area contributed by atoms with E-state index < -0.39 is 35.1 Å². The van der Waals surface area contributed by atoms with Crippen LogP contribution in [0.4, 0.5) is 13.2 Å². The fraction of sp³-hybridized carbons (Fsp3) is 0.100. The molecule has 0 spiro atoms. The Kier molecular flexibility index (Phi) is 7.08. The molecule has 160 valence electrons. The monoisotopic (exact) mass is 449 g/mol. The van der Waals surface area contributed by atoms with Gasteiger partial charge in [0.05, 0.1) is 18.2 Å². The van der Waals surface area contributed by atoms with Crippen molar-refractivity contribution in [3.8, 4) is 5.75 Å². The number of rotatable bonds is 6. The van der Waals surface area contributed by atoms with Crippen molar-refractivity contribution in [1.29, 1.82) is 0 Å². The van der Waals surface area contributed by atoms with Gasteiger partial charge in [-0.2, -0.15) is 9.49 Å². The van der Waals surface area contributed by atoms with E-state index in [1.54, 1.807) is 24.3 Å². The fourth-order valence-electron chi connectivity index (χ4n) is 2.33. The van der Waals surface area contributed by atoms with Crippen molar-refractivity contribution in [2.45, 2.75) is 6.61 Å². The highest BCUT2D eigenvalue weighted by molar-refractivity contribution is 8.18. The minimum Gasteiger partial charge on any atom is -0.486 e. The first-order chi connectivity index (χ1) is 14.9. The van der Waals surface area contributed by atoms with Crippen LogP contribution in [0.1, 0.15) is 11.1 Å². The van der Waals surface area contributed by atoms with Crippen LogP contribution in [0, 0.1) is 17.5 Å². The number of hydrogen-bond donors (Lipinski definition) is 1. The maximum absolute atomic E-state index is 13.7. The zero-order valence-corrected chi connectivity index (χ0v) is 16.7. The first-order valence-electron chi connectivity index (χ1n) is 8.62. The van der Waals surface area contributed by atoms with Crippen LogP contribution in [0.25, 0.3) is 0 Å². The molecular formula is C20H14F3N3O4S. The molecule has 1 aliphatic rings. The molecule has 3 rings (SSSR count). The topological polar surface area (TPSA) is 89.3 Å². The molecule has 1 aliphatic heterocycles. The number of nitrogens with one attached hydrogen (secondary N) is 1. The highest BCUT2D eigenvalue weighted by atomic mass is 32.2. The Morgan fingerprint density at radius 3 is 2.77 bits per heavy atom. The van der Waals surface area contributed by atoms with Gasteiger partial charge in [0.2, 0.25) is 5.82 Å². The lowest BCUT2D eigenvalue weighted by atomic mass is 10.1. The van der Waals surface area contributed by atoms with Gasteiger partial charge in [-0.05, 0) is 41.1 Å². The van der Waals surface area contributed by atoms with E-state index in [2.05, 4.69) is 20.3 Å². The number of benzene rings is 2. The summed E-state index contributed by atoms with van der Waals surface area (Å²) in [5.74, 6) is -5.86. The number of hydrogen-bond acceptors (Lipinski definition) is 7. The molecule has 1 amide bonds. The molecule has 0 aromatic heterocycles. The molecule has 0 radical (unpaired) electrons. The molecule has 0 atom stereocenters. The predicted molar refractivity (Wildman–Crippen MR) is 108 cm³/mol. The molecule has 1 fully saturated rings. The molecule has 2 aromatic rings. The summed E-state index contributed by atoms with van der Waals surface area (Å²) in [5.41, 5.74) is 1.24. The zero-order valence-electron chi connectivity index (χ0n) is 15.9. The van der Waals surface area contributed by atoms with Crippen LogP contribution in [-0.4, -0.2) is 30.4 Å². The third kappa shape index (κ3) is 5.72. The molecule has 31 heavy (non-hydrogen) atoms. The SMILES string of the molecule is COC(=O)/C=C1/S/C(=N\N=Cc2cccc(COc3ccc(F)c(F)c3F)c2)NC1=O. The Hall–Kier alpha value is -3.60. The summed E-state index contributed by atoms with van der Waals surface area (Å²) in [4.78, 5) is 23.1. The molecule has 7 nitrogen and oxygen atoms in total. The second kappa shape index (κ2) is 9.94. The molecule has 0 bridgehead atoms. The van der Waals surface area contributed by atoms with Crippen LogP contribution < -0.4 is 10.1 Å². The molecule has 1 N–H and O–H groups in total. The summed E-state index contributed by atoms with van der Waals surface area (Å²) in [6.07, 6.45) is 2.45. The first kappa shape index (κ1) is 22.1. The number of ether oxygens (including phenoxy) is 2. The summed E-state index contributed by atoms with van der Waals surface area (Å²) in [6.45, 7) is -0.0915. The van der Waals surface area contributed by atoms with E-state index in [9.17, 15) is 22.8 Å². The number of amides is 1. The number of nitrogens with zero attached hydrogens (tertiary/aromatic N) is 2. The number of amidine groups is 1. The Bertz CT molecular complexity index is 1120. The van der Waals surface area contributed by atoms with E-state index in [0.717, 1.165) is 30.0 Å². The third-order valence-electron chi connectivity index (χ3n) is 3.80. The molecule has 0 unspecified atom stereocenters. The smallest absolute Gasteiger partial charge is 0.331 e. The minimum atomic E-state index is -1.60. The summed E-state index contributed by atoms with van der Waals surface area (Å²) in [6, 6.07) is 8.56. The lowest BCUT2D eigenvalue weighted by Gasteiger charge is -2.08. The van der Waals surface area contributed by atoms with E-state index >= 15 is 0 Å². The average Bonchev–Trinajstić information content (AvgIpc) is 3.10. The highest BCUT2D eigenvalue weighted by Crippen LogP contribution is 2.24. The Morgan fingerprint density at radius 1 is 1.19 bits per heavy atom. The maximum atomic E-state index is 13.7. The van der Waals surface area contributed by atoms with Crippen LogP contribution in [0.2, 0.25) is 0 Å². The summed E-state index contributed by atoms with van der Waals surface area (Å²) in [5, 5.41) is 10.4. The number of halogens is 3. The van der Waals surface area contributed by atoms with Crippen molar-refractivity contribution in [2.24, 2.45) is 10.2 Å². The standard InChI is InChI=1S/C20H14F3N3O4S/c1-29-16(27)8-15-19(28)25-20(31-15)26-24-9-11-3-2-4-12(7-11)10-30-14-6-5-13(21)17(22)18(14)23/h2-9H,10H2,1H3,(H,25,26,28)/b15-8+,24-9?. The number of carbonyl (C=O) groups is 2. The largest absolute Gasteiger partial charge is 0.486 e. The maximum Gasteiger partial charge on any atom is 0.331 e. The van der Waals surface area contributed by atoms with Gasteiger partial charge in [-0.15, -0.1) is 5.10 Å². The molecule has 2 aromatic carbocycles. The van der Waals surface area contributed by atoms with Crippen LogP contribution >= 0.6 is 11.8 Å². The average molecular weight is 449 g/mol. The zero-order chi connectivity index (χ0) is 22.4. The Morgan fingerprint density at radius 2 is 2.00 bits per heavy atom.